The lowest BCUT2D eigenvalue weighted by molar-refractivity contribution is -0.124. The fourth-order valence-corrected chi connectivity index (χ4v) is 6.98. The van der Waals surface area contributed by atoms with Crippen molar-refractivity contribution in [2.45, 2.75) is 43.4 Å². The predicted octanol–water partition coefficient (Wildman–Crippen LogP) is 5.02. The van der Waals surface area contributed by atoms with Crippen molar-refractivity contribution < 1.29 is 9.53 Å². The summed E-state index contributed by atoms with van der Waals surface area (Å²) >= 11 is 4.03. The van der Waals surface area contributed by atoms with Gasteiger partial charge in [0.2, 0.25) is 0 Å². The van der Waals surface area contributed by atoms with E-state index in [1.807, 2.05) is 35.7 Å². The van der Waals surface area contributed by atoms with Gasteiger partial charge in [-0.2, -0.15) is 0 Å². The Labute approximate surface area is 194 Å². The van der Waals surface area contributed by atoms with Gasteiger partial charge in [0.05, 0.1) is 4.58 Å². The number of benzene rings is 2. The molecule has 2 aliphatic heterocycles. The minimum Gasteiger partial charge on any atom is -0.484 e. The lowest BCUT2D eigenvalue weighted by Crippen LogP contribution is -2.45. The third kappa shape index (κ3) is 6.67. The molecule has 2 aromatic rings. The van der Waals surface area contributed by atoms with Crippen LogP contribution in [0.4, 0.5) is 0 Å². The van der Waals surface area contributed by atoms with Crippen LogP contribution in [0.25, 0.3) is 0 Å². The standard InChI is InChI=1S/C25H32N2O2S2/c1-19-5-2-3-6-21(19)17-27-13-11-22(12-14-27)26-24(28)18-29-23-9-7-20(8-10-23)25-30-15-4-16-31-25/h2-3,5-10,22,25H,4,11-18H2,1H3,(H,26,28). The molecule has 0 aromatic heterocycles. The Balaban J connectivity index is 1.16. The van der Waals surface area contributed by atoms with Gasteiger partial charge in [-0.1, -0.05) is 36.4 Å². The molecule has 1 N–H and O–H groups in total. The van der Waals surface area contributed by atoms with Crippen molar-refractivity contribution in [2.75, 3.05) is 31.2 Å². The summed E-state index contributed by atoms with van der Waals surface area (Å²) in [6, 6.07) is 17.1. The van der Waals surface area contributed by atoms with Crippen LogP contribution in [-0.4, -0.2) is 48.1 Å². The first-order chi connectivity index (χ1) is 15.2. The minimum atomic E-state index is -0.0279. The van der Waals surface area contributed by atoms with Crippen molar-refractivity contribution >= 4 is 29.4 Å². The smallest absolute Gasteiger partial charge is 0.258 e. The van der Waals surface area contributed by atoms with Crippen LogP contribution < -0.4 is 10.1 Å². The van der Waals surface area contributed by atoms with E-state index in [9.17, 15) is 4.79 Å². The molecule has 0 bridgehead atoms. The van der Waals surface area contributed by atoms with Gasteiger partial charge in [-0.3, -0.25) is 9.69 Å². The molecule has 4 rings (SSSR count). The Hall–Kier alpha value is -1.63. The summed E-state index contributed by atoms with van der Waals surface area (Å²) in [6.07, 6.45) is 3.28. The number of nitrogens with one attached hydrogen (secondary N) is 1. The van der Waals surface area contributed by atoms with Crippen molar-refractivity contribution in [3.63, 3.8) is 0 Å². The van der Waals surface area contributed by atoms with E-state index >= 15 is 0 Å². The first-order valence-corrected chi connectivity index (χ1v) is 13.3. The van der Waals surface area contributed by atoms with E-state index in [0.29, 0.717) is 4.58 Å². The molecule has 0 aliphatic carbocycles. The molecule has 2 aliphatic rings. The second-order valence-corrected chi connectivity index (χ2v) is 11.1. The molecule has 0 spiro atoms. The second kappa shape index (κ2) is 11.3. The highest BCUT2D eigenvalue weighted by atomic mass is 32.2. The van der Waals surface area contributed by atoms with Gasteiger partial charge in [0, 0.05) is 25.7 Å². The van der Waals surface area contributed by atoms with Gasteiger partial charge in [0.15, 0.2) is 6.61 Å². The van der Waals surface area contributed by atoms with Crippen molar-refractivity contribution in [3.8, 4) is 5.75 Å². The third-order valence-electron chi connectivity index (χ3n) is 5.96. The zero-order chi connectivity index (χ0) is 21.5. The fourth-order valence-electron chi connectivity index (χ4n) is 4.08. The molecular formula is C25H32N2O2S2. The van der Waals surface area contributed by atoms with Crippen LogP contribution in [0.3, 0.4) is 0 Å². The van der Waals surface area contributed by atoms with Gasteiger partial charge in [-0.15, -0.1) is 23.5 Å². The maximum absolute atomic E-state index is 12.4. The van der Waals surface area contributed by atoms with E-state index < -0.39 is 0 Å². The maximum atomic E-state index is 12.4. The molecule has 0 atom stereocenters. The van der Waals surface area contributed by atoms with Crippen LogP contribution in [-0.2, 0) is 11.3 Å². The highest BCUT2D eigenvalue weighted by Gasteiger charge is 2.21. The van der Waals surface area contributed by atoms with E-state index in [1.165, 1.54) is 34.6 Å². The van der Waals surface area contributed by atoms with Gasteiger partial charge >= 0.3 is 0 Å². The van der Waals surface area contributed by atoms with Crippen molar-refractivity contribution in [3.05, 3.63) is 65.2 Å². The van der Waals surface area contributed by atoms with Gasteiger partial charge in [-0.05, 0) is 66.5 Å². The van der Waals surface area contributed by atoms with Crippen LogP contribution in [0.2, 0.25) is 0 Å². The maximum Gasteiger partial charge on any atom is 0.258 e. The number of thioether (sulfide) groups is 2. The van der Waals surface area contributed by atoms with E-state index in [0.717, 1.165) is 38.2 Å². The SMILES string of the molecule is Cc1ccccc1CN1CCC(NC(=O)COc2ccc(C3SCCCS3)cc2)CC1. The Morgan fingerprint density at radius 2 is 1.77 bits per heavy atom. The molecule has 0 unspecified atom stereocenters. The van der Waals surface area contributed by atoms with E-state index in [2.05, 4.69) is 53.5 Å². The number of nitrogens with zero attached hydrogens (tertiary/aromatic N) is 1. The molecule has 2 heterocycles. The van der Waals surface area contributed by atoms with E-state index in [1.54, 1.807) is 0 Å². The number of amides is 1. The number of hydrogen-bond donors (Lipinski definition) is 1. The molecule has 31 heavy (non-hydrogen) atoms. The Morgan fingerprint density at radius 1 is 1.06 bits per heavy atom. The minimum absolute atomic E-state index is 0.0279. The summed E-state index contributed by atoms with van der Waals surface area (Å²) < 4.78 is 6.26. The lowest BCUT2D eigenvalue weighted by atomic mass is 10.0. The van der Waals surface area contributed by atoms with Crippen molar-refractivity contribution in [2.24, 2.45) is 0 Å². The van der Waals surface area contributed by atoms with E-state index in [4.69, 9.17) is 4.74 Å². The van der Waals surface area contributed by atoms with Gasteiger partial charge < -0.3 is 10.1 Å². The summed E-state index contributed by atoms with van der Waals surface area (Å²) in [5.41, 5.74) is 4.08. The molecular weight excluding hydrogens is 424 g/mol. The number of piperidine rings is 1. The number of hydrogen-bond acceptors (Lipinski definition) is 5. The first-order valence-electron chi connectivity index (χ1n) is 11.2. The fraction of sp³-hybridized carbons (Fsp3) is 0.480. The molecule has 0 radical (unpaired) electrons. The number of ether oxygens (including phenoxy) is 1. The zero-order valence-electron chi connectivity index (χ0n) is 18.2. The Bertz CT molecular complexity index is 845. The number of aryl methyl sites for hydroxylation is 1. The quantitative estimate of drug-likeness (QED) is 0.633. The average Bonchev–Trinajstić information content (AvgIpc) is 2.81. The normalized spacial score (nSPS) is 18.6. The molecule has 4 nitrogen and oxygen atoms in total. The van der Waals surface area contributed by atoms with Gasteiger partial charge in [-0.25, -0.2) is 0 Å². The van der Waals surface area contributed by atoms with E-state index in [-0.39, 0.29) is 18.6 Å². The number of likely N-dealkylation sites (tertiary alicyclic amines) is 1. The van der Waals surface area contributed by atoms with Crippen LogP contribution in [0.1, 0.15) is 40.5 Å². The summed E-state index contributed by atoms with van der Waals surface area (Å²) in [5.74, 6) is 3.21. The number of carbonyl (C=O) groups excluding carboxylic acids is 1. The van der Waals surface area contributed by atoms with Crippen LogP contribution in [0.5, 0.6) is 5.75 Å². The van der Waals surface area contributed by atoms with Gasteiger partial charge in [0.1, 0.15) is 5.75 Å². The zero-order valence-corrected chi connectivity index (χ0v) is 19.9. The third-order valence-corrected chi connectivity index (χ3v) is 8.97. The van der Waals surface area contributed by atoms with Crippen LogP contribution >= 0.6 is 23.5 Å². The average molecular weight is 457 g/mol. The lowest BCUT2D eigenvalue weighted by Gasteiger charge is -2.32. The summed E-state index contributed by atoms with van der Waals surface area (Å²) in [4.78, 5) is 14.8. The van der Waals surface area contributed by atoms with Crippen LogP contribution in [0.15, 0.2) is 48.5 Å². The molecule has 6 heteroatoms. The molecule has 1 amide bonds. The van der Waals surface area contributed by atoms with Gasteiger partial charge in [0.25, 0.3) is 5.91 Å². The van der Waals surface area contributed by atoms with Crippen LogP contribution in [0, 0.1) is 6.92 Å². The number of rotatable bonds is 7. The molecule has 2 aromatic carbocycles. The summed E-state index contributed by atoms with van der Waals surface area (Å²) in [6.45, 7) is 5.27. The highest BCUT2D eigenvalue weighted by Crippen LogP contribution is 2.43. The largest absolute Gasteiger partial charge is 0.484 e. The van der Waals surface area contributed by atoms with Crippen molar-refractivity contribution in [1.29, 1.82) is 0 Å². The number of carbonyl (C=O) groups is 1. The topological polar surface area (TPSA) is 41.6 Å². The highest BCUT2D eigenvalue weighted by molar-refractivity contribution is 8.16. The molecule has 166 valence electrons. The molecule has 2 fully saturated rings. The Morgan fingerprint density at radius 3 is 2.48 bits per heavy atom. The summed E-state index contributed by atoms with van der Waals surface area (Å²) in [5, 5.41) is 3.15. The van der Waals surface area contributed by atoms with Crippen molar-refractivity contribution in [1.82, 2.24) is 10.2 Å². The summed E-state index contributed by atoms with van der Waals surface area (Å²) in [7, 11) is 0. The Kier molecular flexibility index (Phi) is 8.22. The predicted molar refractivity (Wildman–Crippen MR) is 132 cm³/mol. The molecule has 0 saturated carbocycles. The first kappa shape index (κ1) is 22.6. The second-order valence-electron chi connectivity index (χ2n) is 8.33. The monoisotopic (exact) mass is 456 g/mol. The molecule has 2 saturated heterocycles.